The van der Waals surface area contributed by atoms with Gasteiger partial charge in [0.2, 0.25) is 0 Å². The van der Waals surface area contributed by atoms with Crippen LogP contribution in [0.25, 0.3) is 0 Å². The molecule has 2 rings (SSSR count). The van der Waals surface area contributed by atoms with Gasteiger partial charge in [0.05, 0.1) is 16.2 Å². The molecule has 0 N–H and O–H groups in total. The van der Waals surface area contributed by atoms with Crippen molar-refractivity contribution in [2.24, 2.45) is 0 Å². The maximum absolute atomic E-state index is 7.90. The molecular weight excluding hydrogens is 276 g/mol. The van der Waals surface area contributed by atoms with Crippen LogP contribution >= 0.6 is 11.6 Å². The van der Waals surface area contributed by atoms with Gasteiger partial charge in [0.1, 0.15) is 12.3 Å². The van der Waals surface area contributed by atoms with Gasteiger partial charge in [-0.1, -0.05) is 0 Å². The van der Waals surface area contributed by atoms with Crippen molar-refractivity contribution in [1.29, 1.82) is 0 Å². The van der Waals surface area contributed by atoms with Crippen LogP contribution in [0.4, 0.5) is 5.69 Å². The SMILES string of the molecule is [2H]C([2H])([2H])OC([2H])([2H])C([2H])([2H])Oc1ccc(N2CCN(C([2H])([2H])C([2H])([2H])Cl)CC2)cc1. The molecule has 20 heavy (non-hydrogen) atoms. The summed E-state index contributed by atoms with van der Waals surface area (Å²) >= 11 is 5.54. The van der Waals surface area contributed by atoms with E-state index in [1.807, 2.05) is 4.90 Å². The van der Waals surface area contributed by atoms with Crippen LogP contribution < -0.4 is 9.64 Å². The van der Waals surface area contributed by atoms with Crippen LogP contribution in [0.1, 0.15) is 15.1 Å². The van der Waals surface area contributed by atoms with Crippen LogP contribution in [0.2, 0.25) is 0 Å². The molecule has 0 amide bonds. The summed E-state index contributed by atoms with van der Waals surface area (Å²) in [4.78, 5) is 3.24. The highest BCUT2D eigenvalue weighted by Gasteiger charge is 2.16. The lowest BCUT2D eigenvalue weighted by atomic mass is 10.2. The summed E-state index contributed by atoms with van der Waals surface area (Å²) in [5.41, 5.74) is 0.712. The first-order valence-electron chi connectivity index (χ1n) is 11.5. The number of benzene rings is 1. The monoisotopic (exact) mass is 309 g/mol. The second-order valence-electron chi connectivity index (χ2n) is 4.08. The molecular formula is C15H23ClN2O2. The summed E-state index contributed by atoms with van der Waals surface area (Å²) in [6.45, 7) is -7.41. The van der Waals surface area contributed by atoms with E-state index in [-0.39, 0.29) is 18.8 Å². The van der Waals surface area contributed by atoms with Crippen LogP contribution in [0.3, 0.4) is 0 Å². The van der Waals surface area contributed by atoms with Crippen LogP contribution in [-0.2, 0) is 4.74 Å². The van der Waals surface area contributed by atoms with E-state index in [9.17, 15) is 0 Å². The topological polar surface area (TPSA) is 24.9 Å². The zero-order valence-corrected chi connectivity index (χ0v) is 11.5. The third-order valence-electron chi connectivity index (χ3n) is 2.94. The maximum atomic E-state index is 7.90. The third kappa shape index (κ3) is 4.54. The smallest absolute Gasteiger partial charge is 0.119 e. The van der Waals surface area contributed by atoms with Crippen molar-refractivity contribution < 1.29 is 24.6 Å². The Morgan fingerprint density at radius 2 is 1.95 bits per heavy atom. The van der Waals surface area contributed by atoms with E-state index in [1.165, 1.54) is 17.0 Å². The van der Waals surface area contributed by atoms with Gasteiger partial charge in [-0.15, -0.1) is 11.6 Å². The predicted octanol–water partition coefficient (Wildman–Crippen LogP) is 2.07. The molecule has 0 spiro atoms. The van der Waals surface area contributed by atoms with E-state index < -0.39 is 32.5 Å². The van der Waals surface area contributed by atoms with Crippen LogP contribution in [0.5, 0.6) is 5.75 Å². The number of piperazine rings is 1. The summed E-state index contributed by atoms with van der Waals surface area (Å²) in [6.07, 6.45) is 0. The van der Waals surface area contributed by atoms with Gasteiger partial charge in [-0.25, -0.2) is 0 Å². The Kier molecular flexibility index (Phi) is 2.68. The van der Waals surface area contributed by atoms with Gasteiger partial charge >= 0.3 is 0 Å². The molecule has 0 unspecified atom stereocenters. The number of nitrogens with zero attached hydrogens (tertiary/aromatic N) is 2. The second kappa shape index (κ2) is 8.35. The fourth-order valence-electron chi connectivity index (χ4n) is 1.96. The molecule has 0 aromatic heterocycles. The molecule has 0 saturated carbocycles. The average molecular weight is 310 g/mol. The second-order valence-corrected chi connectivity index (χ2v) is 4.27. The molecule has 0 aliphatic carbocycles. The Balaban J connectivity index is 2.02. The number of halogens is 1. The number of alkyl halides is 1. The van der Waals surface area contributed by atoms with Gasteiger partial charge in [0, 0.05) is 56.7 Å². The van der Waals surface area contributed by atoms with E-state index in [4.69, 9.17) is 31.4 Å². The van der Waals surface area contributed by atoms with Crippen molar-refractivity contribution in [3.05, 3.63) is 24.3 Å². The summed E-state index contributed by atoms with van der Waals surface area (Å²) in [6, 6.07) is 5.97. The standard InChI is InChI=1S/C15H23ClN2O2/c1-19-12-13-20-15-4-2-14(3-5-15)18-10-8-17(7-6-16)9-11-18/h2-5H,6-13H2,1H3/i1D3,6D2,7D2,12D2,13D2. The van der Waals surface area contributed by atoms with Gasteiger partial charge in [-0.2, -0.15) is 0 Å². The fraction of sp³-hybridized carbons (Fsp3) is 0.600. The van der Waals surface area contributed by atoms with Crippen LogP contribution in [-0.4, -0.2) is 63.6 Å². The number of ether oxygens (including phenoxy) is 2. The maximum Gasteiger partial charge on any atom is 0.119 e. The van der Waals surface area contributed by atoms with Crippen molar-refractivity contribution in [1.82, 2.24) is 4.90 Å². The Morgan fingerprint density at radius 1 is 1.20 bits per heavy atom. The van der Waals surface area contributed by atoms with Crippen molar-refractivity contribution in [2.75, 3.05) is 63.6 Å². The Bertz CT molecular complexity index is 745. The third-order valence-corrected chi connectivity index (χ3v) is 3.03. The molecule has 1 fully saturated rings. The minimum atomic E-state index is -3.24. The molecule has 1 aromatic carbocycles. The lowest BCUT2D eigenvalue weighted by Gasteiger charge is -2.35. The summed E-state index contributed by atoms with van der Waals surface area (Å²) in [5.74, 6) is -2.58. The molecule has 1 aromatic rings. The highest BCUT2D eigenvalue weighted by Crippen LogP contribution is 2.20. The molecule has 0 radical (unpaired) electrons. The molecule has 1 aliphatic rings. The van der Waals surface area contributed by atoms with E-state index in [0.717, 1.165) is 0 Å². The molecule has 0 atom stereocenters. The lowest BCUT2D eigenvalue weighted by Crippen LogP contribution is -2.46. The van der Waals surface area contributed by atoms with Gasteiger partial charge in [-0.05, 0) is 24.3 Å². The van der Waals surface area contributed by atoms with Gasteiger partial charge in [-0.3, -0.25) is 4.90 Å². The van der Waals surface area contributed by atoms with E-state index in [0.29, 0.717) is 18.8 Å². The largest absolute Gasteiger partial charge is 0.491 e. The Labute approximate surface area is 141 Å². The normalized spacial score (nSPS) is 28.1. The number of hydrogen-bond donors (Lipinski definition) is 0. The molecule has 1 saturated heterocycles. The zero-order chi connectivity index (χ0) is 23.9. The molecule has 1 aliphatic heterocycles. The van der Waals surface area contributed by atoms with Gasteiger partial charge in [0.25, 0.3) is 0 Å². The predicted molar refractivity (Wildman–Crippen MR) is 83.2 cm³/mol. The summed E-state index contributed by atoms with van der Waals surface area (Å²) < 4.78 is 91.4. The first kappa shape index (κ1) is 6.42. The van der Waals surface area contributed by atoms with E-state index in [2.05, 4.69) is 4.74 Å². The Hall–Kier alpha value is -0.970. The van der Waals surface area contributed by atoms with E-state index >= 15 is 0 Å². The minimum absolute atomic E-state index is 0.0444. The highest BCUT2D eigenvalue weighted by atomic mass is 35.5. The Morgan fingerprint density at radius 3 is 2.60 bits per heavy atom. The minimum Gasteiger partial charge on any atom is -0.491 e. The molecule has 1 heterocycles. The fourth-order valence-corrected chi connectivity index (χ4v) is 2.08. The van der Waals surface area contributed by atoms with Gasteiger partial charge in [0.15, 0.2) is 0 Å². The molecule has 4 nitrogen and oxygen atoms in total. The summed E-state index contributed by atoms with van der Waals surface area (Å²) in [5, 5.41) is 0. The molecule has 0 bridgehead atoms. The van der Waals surface area contributed by atoms with Crippen molar-refractivity contribution >= 4 is 17.3 Å². The quantitative estimate of drug-likeness (QED) is 0.720. The van der Waals surface area contributed by atoms with Crippen molar-refractivity contribution in [3.8, 4) is 5.75 Å². The van der Waals surface area contributed by atoms with E-state index in [1.54, 1.807) is 12.1 Å². The number of rotatable bonds is 7. The number of anilines is 1. The number of hydrogen-bond acceptors (Lipinski definition) is 4. The highest BCUT2D eigenvalue weighted by molar-refractivity contribution is 6.18. The van der Waals surface area contributed by atoms with Crippen LogP contribution in [0, 0.1) is 0 Å². The van der Waals surface area contributed by atoms with Gasteiger partial charge < -0.3 is 14.4 Å². The summed E-state index contributed by atoms with van der Waals surface area (Å²) in [7, 11) is -3.15. The first-order valence-corrected chi connectivity index (χ1v) is 6.42. The van der Waals surface area contributed by atoms with Crippen molar-refractivity contribution in [3.63, 3.8) is 0 Å². The number of methoxy groups -OCH3 is 1. The molecule has 5 heteroatoms. The zero-order valence-electron chi connectivity index (χ0n) is 21.7. The average Bonchev–Trinajstić information content (AvgIpc) is 2.59. The van der Waals surface area contributed by atoms with Crippen LogP contribution in [0.15, 0.2) is 24.3 Å². The van der Waals surface area contributed by atoms with Crippen molar-refractivity contribution in [2.45, 2.75) is 0 Å². The molecule has 112 valence electrons. The first-order chi connectivity index (χ1) is 13.9. The lowest BCUT2D eigenvalue weighted by molar-refractivity contribution is 0.146.